The summed E-state index contributed by atoms with van der Waals surface area (Å²) in [5.41, 5.74) is 1.43. The molecule has 0 saturated carbocycles. The molecule has 3 rings (SSSR count). The van der Waals surface area contributed by atoms with Crippen LogP contribution in [-0.2, 0) is 24.9 Å². The van der Waals surface area contributed by atoms with E-state index in [1.807, 2.05) is 13.0 Å². The highest BCUT2D eigenvalue weighted by Gasteiger charge is 2.19. The number of hydrogen-bond donors (Lipinski definition) is 2. The van der Waals surface area contributed by atoms with Crippen LogP contribution in [0.1, 0.15) is 21.9 Å². The van der Waals surface area contributed by atoms with Crippen molar-refractivity contribution in [2.45, 2.75) is 20.0 Å². The average Bonchev–Trinajstić information content (AvgIpc) is 3.28. The van der Waals surface area contributed by atoms with Crippen LogP contribution in [0.15, 0.2) is 41.3 Å². The Balaban J connectivity index is 1.66. The van der Waals surface area contributed by atoms with Crippen LogP contribution in [0.2, 0.25) is 0 Å². The number of amides is 2. The molecule has 2 amide bonds. The van der Waals surface area contributed by atoms with Gasteiger partial charge in [0.25, 0.3) is 5.91 Å². The van der Waals surface area contributed by atoms with Crippen LogP contribution in [0.25, 0.3) is 0 Å². The van der Waals surface area contributed by atoms with E-state index in [1.165, 1.54) is 21.8 Å². The Bertz CT molecular complexity index is 878. The van der Waals surface area contributed by atoms with E-state index in [0.717, 1.165) is 5.69 Å². The van der Waals surface area contributed by atoms with Gasteiger partial charge >= 0.3 is 0 Å². The van der Waals surface area contributed by atoms with Crippen molar-refractivity contribution in [1.82, 2.24) is 24.9 Å². The third-order valence-electron chi connectivity index (χ3n) is 3.51. The van der Waals surface area contributed by atoms with Crippen molar-refractivity contribution in [3.63, 3.8) is 0 Å². The van der Waals surface area contributed by atoms with E-state index in [1.54, 1.807) is 25.4 Å². The van der Waals surface area contributed by atoms with E-state index >= 15 is 0 Å². The van der Waals surface area contributed by atoms with Gasteiger partial charge in [-0.2, -0.15) is 10.2 Å². The van der Waals surface area contributed by atoms with E-state index < -0.39 is 0 Å². The minimum atomic E-state index is -0.360. The van der Waals surface area contributed by atoms with Gasteiger partial charge in [-0.05, 0) is 25.1 Å². The van der Waals surface area contributed by atoms with Gasteiger partial charge in [0.1, 0.15) is 18.0 Å². The van der Waals surface area contributed by atoms with Gasteiger partial charge in [-0.1, -0.05) is 0 Å². The van der Waals surface area contributed by atoms with Crippen LogP contribution in [0.5, 0.6) is 0 Å². The van der Waals surface area contributed by atoms with E-state index in [4.69, 9.17) is 4.42 Å². The molecule has 9 heteroatoms. The highest BCUT2D eigenvalue weighted by molar-refractivity contribution is 6.02. The number of nitrogens with one attached hydrogen (secondary N) is 2. The Morgan fingerprint density at radius 2 is 2.16 bits per heavy atom. The van der Waals surface area contributed by atoms with Gasteiger partial charge in [0.15, 0.2) is 0 Å². The molecule has 0 fully saturated rings. The molecule has 0 aromatic carbocycles. The quantitative estimate of drug-likeness (QED) is 0.697. The van der Waals surface area contributed by atoms with Crippen LogP contribution in [0.3, 0.4) is 0 Å². The van der Waals surface area contributed by atoms with Gasteiger partial charge in [0, 0.05) is 13.2 Å². The zero-order chi connectivity index (χ0) is 17.8. The maximum atomic E-state index is 12.4. The number of aromatic nitrogens is 4. The van der Waals surface area contributed by atoms with Gasteiger partial charge in [0.2, 0.25) is 5.91 Å². The molecule has 0 unspecified atom stereocenters. The second kappa shape index (κ2) is 7.04. The maximum Gasteiger partial charge on any atom is 0.272 e. The van der Waals surface area contributed by atoms with E-state index in [9.17, 15) is 9.59 Å². The molecule has 25 heavy (non-hydrogen) atoms. The third-order valence-corrected chi connectivity index (χ3v) is 3.51. The van der Waals surface area contributed by atoms with Crippen molar-refractivity contribution in [2.75, 3.05) is 5.32 Å². The van der Waals surface area contributed by atoms with Crippen LogP contribution in [-0.4, -0.2) is 31.4 Å². The molecule has 0 aliphatic rings. The summed E-state index contributed by atoms with van der Waals surface area (Å²) in [7, 11) is 1.63. The second-order valence-corrected chi connectivity index (χ2v) is 5.50. The first kappa shape index (κ1) is 16.5. The number of hydrogen-bond acceptors (Lipinski definition) is 5. The summed E-state index contributed by atoms with van der Waals surface area (Å²) in [6.45, 7) is 2.14. The molecule has 0 aliphatic heterocycles. The summed E-state index contributed by atoms with van der Waals surface area (Å²) in [5.74, 6) is -0.0204. The number of furan rings is 1. The molecule has 3 heterocycles. The van der Waals surface area contributed by atoms with Gasteiger partial charge in [-0.3, -0.25) is 19.0 Å². The number of anilines is 1. The second-order valence-electron chi connectivity index (χ2n) is 5.50. The van der Waals surface area contributed by atoms with Gasteiger partial charge in [0.05, 0.1) is 30.4 Å². The lowest BCUT2D eigenvalue weighted by atomic mass is 10.3. The summed E-state index contributed by atoms with van der Waals surface area (Å²) in [4.78, 5) is 24.6. The highest BCUT2D eigenvalue weighted by atomic mass is 16.3. The van der Waals surface area contributed by atoms with Gasteiger partial charge < -0.3 is 15.1 Å². The van der Waals surface area contributed by atoms with E-state index in [0.29, 0.717) is 11.4 Å². The number of rotatable bonds is 6. The van der Waals surface area contributed by atoms with E-state index in [-0.39, 0.29) is 30.6 Å². The fourth-order valence-corrected chi connectivity index (χ4v) is 2.35. The number of nitrogens with zero attached hydrogens (tertiary/aromatic N) is 4. The molecule has 2 N–H and O–H groups in total. The van der Waals surface area contributed by atoms with Crippen molar-refractivity contribution < 1.29 is 14.0 Å². The maximum absolute atomic E-state index is 12.4. The SMILES string of the molecule is Cc1ccn(CC(=O)Nc2cnn(C)c2C(=O)NCc2ccco2)n1. The van der Waals surface area contributed by atoms with Crippen molar-refractivity contribution in [3.05, 3.63) is 54.0 Å². The standard InChI is InChI=1S/C16H18N6O3/c1-11-5-6-22(20-11)10-14(23)19-13-9-18-21(2)15(13)16(24)17-8-12-4-3-7-25-12/h3-7,9H,8,10H2,1-2H3,(H,17,24)(H,19,23). The number of carbonyl (C=O) groups excluding carboxylic acids is 2. The normalized spacial score (nSPS) is 10.6. The molecule has 130 valence electrons. The van der Waals surface area contributed by atoms with Gasteiger partial charge in [-0.25, -0.2) is 0 Å². The van der Waals surface area contributed by atoms with Crippen LogP contribution in [0, 0.1) is 6.92 Å². The first-order chi connectivity index (χ1) is 12.0. The minimum absolute atomic E-state index is 0.0518. The van der Waals surface area contributed by atoms with Crippen LogP contribution in [0.4, 0.5) is 5.69 Å². The summed E-state index contributed by atoms with van der Waals surface area (Å²) in [6.07, 6.45) is 4.69. The lowest BCUT2D eigenvalue weighted by Gasteiger charge is -2.08. The topological polar surface area (TPSA) is 107 Å². The Kier molecular flexibility index (Phi) is 4.64. The molecule has 0 saturated heterocycles. The molecule has 3 aromatic heterocycles. The van der Waals surface area contributed by atoms with E-state index in [2.05, 4.69) is 20.8 Å². The lowest BCUT2D eigenvalue weighted by molar-refractivity contribution is -0.116. The van der Waals surface area contributed by atoms with Crippen molar-refractivity contribution in [2.24, 2.45) is 7.05 Å². The molecule has 0 bridgehead atoms. The van der Waals surface area contributed by atoms with Crippen molar-refractivity contribution in [1.29, 1.82) is 0 Å². The van der Waals surface area contributed by atoms with Crippen molar-refractivity contribution >= 4 is 17.5 Å². The fraction of sp³-hybridized carbons (Fsp3) is 0.250. The third kappa shape index (κ3) is 3.94. The molecule has 0 radical (unpaired) electrons. The number of aryl methyl sites for hydroxylation is 2. The Hall–Kier alpha value is -3.36. The minimum Gasteiger partial charge on any atom is -0.467 e. The Labute approximate surface area is 143 Å². The number of carbonyl (C=O) groups is 2. The predicted octanol–water partition coefficient (Wildman–Crippen LogP) is 1.09. The predicted molar refractivity (Wildman–Crippen MR) is 88.7 cm³/mol. The molecule has 0 spiro atoms. The first-order valence-electron chi connectivity index (χ1n) is 7.65. The molecular weight excluding hydrogens is 324 g/mol. The van der Waals surface area contributed by atoms with Crippen molar-refractivity contribution in [3.8, 4) is 0 Å². The highest BCUT2D eigenvalue weighted by Crippen LogP contribution is 2.14. The summed E-state index contributed by atoms with van der Waals surface area (Å²) >= 11 is 0. The Morgan fingerprint density at radius 1 is 1.32 bits per heavy atom. The molecule has 0 atom stereocenters. The molecular formula is C16H18N6O3. The summed E-state index contributed by atoms with van der Waals surface area (Å²) in [5, 5.41) is 13.6. The lowest BCUT2D eigenvalue weighted by Crippen LogP contribution is -2.27. The van der Waals surface area contributed by atoms with Crippen LogP contribution < -0.4 is 10.6 Å². The smallest absolute Gasteiger partial charge is 0.272 e. The largest absolute Gasteiger partial charge is 0.467 e. The zero-order valence-corrected chi connectivity index (χ0v) is 13.9. The molecule has 0 aliphatic carbocycles. The average molecular weight is 342 g/mol. The first-order valence-corrected chi connectivity index (χ1v) is 7.65. The zero-order valence-electron chi connectivity index (χ0n) is 13.9. The van der Waals surface area contributed by atoms with Crippen LogP contribution >= 0.6 is 0 Å². The summed E-state index contributed by atoms with van der Waals surface area (Å²) < 4.78 is 8.11. The van der Waals surface area contributed by atoms with Gasteiger partial charge in [-0.15, -0.1) is 0 Å². The monoisotopic (exact) mass is 342 g/mol. The molecule has 9 nitrogen and oxygen atoms in total. The summed E-state index contributed by atoms with van der Waals surface area (Å²) in [6, 6.07) is 5.32. The molecule has 3 aromatic rings. The Morgan fingerprint density at radius 3 is 2.84 bits per heavy atom. The fourth-order valence-electron chi connectivity index (χ4n) is 2.35.